The maximum absolute atomic E-state index is 12.5. The average molecular weight is 282 g/mol. The summed E-state index contributed by atoms with van der Waals surface area (Å²) in [4.78, 5) is 19.7. The summed E-state index contributed by atoms with van der Waals surface area (Å²) in [5.74, 6) is 0.135. The second-order valence-corrected chi connectivity index (χ2v) is 5.40. The summed E-state index contributed by atoms with van der Waals surface area (Å²) in [5.41, 5.74) is 3.16. The van der Waals surface area contributed by atoms with E-state index in [9.17, 15) is 4.79 Å². The number of carbonyl (C=O) groups is 1. The summed E-state index contributed by atoms with van der Waals surface area (Å²) in [7, 11) is 0. The highest BCUT2D eigenvalue weighted by atomic mass is 16.2. The van der Waals surface area contributed by atoms with Crippen LogP contribution in [0.1, 0.15) is 15.9 Å². The molecule has 4 heteroatoms. The van der Waals surface area contributed by atoms with E-state index in [1.165, 1.54) is 11.3 Å². The normalized spacial score (nSPS) is 15.1. The first-order valence-corrected chi connectivity index (χ1v) is 7.31. The fourth-order valence-electron chi connectivity index (χ4n) is 2.64. The molecule has 0 bridgehead atoms. The number of aromatic amines is 1. The molecule has 1 aliphatic rings. The molecule has 1 aliphatic heterocycles. The molecule has 0 unspecified atom stereocenters. The number of anilines is 1. The lowest BCUT2D eigenvalue weighted by molar-refractivity contribution is -0.377. The Morgan fingerprint density at radius 1 is 0.952 bits per heavy atom. The number of pyridine rings is 1. The summed E-state index contributed by atoms with van der Waals surface area (Å²) < 4.78 is 0. The van der Waals surface area contributed by atoms with Gasteiger partial charge in [0.15, 0.2) is 12.4 Å². The summed E-state index contributed by atoms with van der Waals surface area (Å²) in [6.45, 7) is 5.32. The van der Waals surface area contributed by atoms with Crippen LogP contribution in [0.5, 0.6) is 0 Å². The predicted octanol–water partition coefficient (Wildman–Crippen LogP) is 1.77. The number of aromatic nitrogens is 1. The van der Waals surface area contributed by atoms with Crippen molar-refractivity contribution in [2.24, 2.45) is 0 Å². The molecule has 3 rings (SSSR count). The van der Waals surface area contributed by atoms with E-state index in [0.29, 0.717) is 0 Å². The smallest absolute Gasteiger partial charge is 0.253 e. The Morgan fingerprint density at radius 3 is 2.19 bits per heavy atom. The minimum Gasteiger partial charge on any atom is -0.368 e. The van der Waals surface area contributed by atoms with Crippen molar-refractivity contribution in [3.8, 4) is 0 Å². The number of benzene rings is 1. The molecule has 0 atom stereocenters. The molecule has 2 heterocycles. The van der Waals surface area contributed by atoms with Crippen molar-refractivity contribution in [3.05, 3.63) is 59.9 Å². The summed E-state index contributed by atoms with van der Waals surface area (Å²) >= 11 is 0. The molecule has 1 N–H and O–H groups in total. The van der Waals surface area contributed by atoms with Gasteiger partial charge >= 0.3 is 0 Å². The van der Waals surface area contributed by atoms with Crippen molar-refractivity contribution in [1.29, 1.82) is 0 Å². The van der Waals surface area contributed by atoms with Gasteiger partial charge in [-0.3, -0.25) is 4.79 Å². The second-order valence-electron chi connectivity index (χ2n) is 5.40. The van der Waals surface area contributed by atoms with Gasteiger partial charge in [-0.15, -0.1) is 0 Å². The largest absolute Gasteiger partial charge is 0.368 e. The summed E-state index contributed by atoms with van der Waals surface area (Å²) in [6.07, 6.45) is 3.86. The molecule has 0 saturated carbocycles. The van der Waals surface area contributed by atoms with Gasteiger partial charge in [0, 0.05) is 49.6 Å². The third kappa shape index (κ3) is 3.05. The van der Waals surface area contributed by atoms with Crippen molar-refractivity contribution in [3.63, 3.8) is 0 Å². The summed E-state index contributed by atoms with van der Waals surface area (Å²) in [5, 5.41) is 0. The Hall–Kier alpha value is -2.36. The highest BCUT2D eigenvalue weighted by Crippen LogP contribution is 2.15. The Bertz CT molecular complexity index is 602. The predicted molar refractivity (Wildman–Crippen MR) is 82.3 cm³/mol. The minimum absolute atomic E-state index is 0.135. The third-order valence-corrected chi connectivity index (χ3v) is 3.93. The van der Waals surface area contributed by atoms with E-state index >= 15 is 0 Å². The fraction of sp³-hybridized carbons (Fsp3) is 0.294. The van der Waals surface area contributed by atoms with E-state index in [-0.39, 0.29) is 5.91 Å². The van der Waals surface area contributed by atoms with Gasteiger partial charge in [-0.2, -0.15) is 0 Å². The average Bonchev–Trinajstić information content (AvgIpc) is 2.56. The Labute approximate surface area is 125 Å². The van der Waals surface area contributed by atoms with E-state index in [1.54, 1.807) is 0 Å². The first-order chi connectivity index (χ1) is 10.2. The van der Waals surface area contributed by atoms with Crippen LogP contribution in [-0.4, -0.2) is 37.0 Å². The number of H-pyrrole nitrogens is 1. The fourth-order valence-corrected chi connectivity index (χ4v) is 2.64. The molecule has 0 aliphatic carbocycles. The molecule has 0 spiro atoms. The van der Waals surface area contributed by atoms with Gasteiger partial charge in [-0.05, 0) is 19.1 Å². The molecule has 108 valence electrons. The van der Waals surface area contributed by atoms with Gasteiger partial charge in [-0.1, -0.05) is 17.7 Å². The van der Waals surface area contributed by atoms with Crippen LogP contribution in [0.4, 0.5) is 5.69 Å². The molecule has 4 nitrogen and oxygen atoms in total. The molecule has 1 amide bonds. The van der Waals surface area contributed by atoms with Crippen molar-refractivity contribution < 1.29 is 9.78 Å². The second kappa shape index (κ2) is 5.95. The Balaban J connectivity index is 1.63. The number of amides is 1. The maximum atomic E-state index is 12.5. The van der Waals surface area contributed by atoms with Crippen LogP contribution in [-0.2, 0) is 0 Å². The van der Waals surface area contributed by atoms with Gasteiger partial charge in [0.05, 0.1) is 0 Å². The first-order valence-electron chi connectivity index (χ1n) is 7.31. The van der Waals surface area contributed by atoms with E-state index in [0.717, 1.165) is 31.7 Å². The molecular weight excluding hydrogens is 262 g/mol. The molecule has 21 heavy (non-hydrogen) atoms. The third-order valence-electron chi connectivity index (χ3n) is 3.93. The van der Waals surface area contributed by atoms with Crippen LogP contribution < -0.4 is 9.88 Å². The van der Waals surface area contributed by atoms with E-state index < -0.39 is 0 Å². The minimum atomic E-state index is 0.135. The van der Waals surface area contributed by atoms with Gasteiger partial charge in [0.1, 0.15) is 0 Å². The van der Waals surface area contributed by atoms with Crippen LogP contribution in [0.3, 0.4) is 0 Å². The Kier molecular flexibility index (Phi) is 3.86. The van der Waals surface area contributed by atoms with Crippen molar-refractivity contribution >= 4 is 11.6 Å². The molecule has 2 aromatic rings. The van der Waals surface area contributed by atoms with Gasteiger partial charge < -0.3 is 9.80 Å². The van der Waals surface area contributed by atoms with Crippen molar-refractivity contribution in [2.45, 2.75) is 6.92 Å². The standard InChI is InChI=1S/C17H19N3O/c1-14-2-4-15(5-3-14)17(21)20-12-10-19(11-13-20)16-6-8-18-9-7-16/h2-9H,10-13H2,1H3/p+1. The monoisotopic (exact) mass is 282 g/mol. The van der Waals surface area contributed by atoms with Gasteiger partial charge in [0.2, 0.25) is 0 Å². The highest BCUT2D eigenvalue weighted by molar-refractivity contribution is 5.94. The molecule has 1 aromatic carbocycles. The van der Waals surface area contributed by atoms with Gasteiger partial charge in [0.25, 0.3) is 5.91 Å². The highest BCUT2D eigenvalue weighted by Gasteiger charge is 2.22. The van der Waals surface area contributed by atoms with Crippen molar-refractivity contribution in [1.82, 2.24) is 4.90 Å². The number of aryl methyl sites for hydroxylation is 1. The zero-order chi connectivity index (χ0) is 14.7. The number of rotatable bonds is 2. The lowest BCUT2D eigenvalue weighted by Gasteiger charge is -2.35. The molecule has 1 fully saturated rings. The molecule has 1 aromatic heterocycles. The van der Waals surface area contributed by atoms with Crippen LogP contribution >= 0.6 is 0 Å². The topological polar surface area (TPSA) is 37.7 Å². The van der Waals surface area contributed by atoms with Crippen LogP contribution in [0.25, 0.3) is 0 Å². The number of piperazine rings is 1. The lowest BCUT2D eigenvalue weighted by Crippen LogP contribution is -2.48. The van der Waals surface area contributed by atoms with E-state index in [2.05, 4.69) is 22.0 Å². The van der Waals surface area contributed by atoms with Crippen molar-refractivity contribution in [2.75, 3.05) is 31.1 Å². The maximum Gasteiger partial charge on any atom is 0.253 e. The molecule has 0 radical (unpaired) electrons. The number of hydrogen-bond donors (Lipinski definition) is 0. The lowest BCUT2D eigenvalue weighted by atomic mass is 10.1. The van der Waals surface area contributed by atoms with E-state index in [4.69, 9.17) is 0 Å². The number of hydrogen-bond acceptors (Lipinski definition) is 2. The molecule has 1 saturated heterocycles. The first kappa shape index (κ1) is 13.6. The summed E-state index contributed by atoms with van der Waals surface area (Å²) in [6, 6.07) is 11.9. The quantitative estimate of drug-likeness (QED) is 0.842. The van der Waals surface area contributed by atoms with Crippen LogP contribution in [0.2, 0.25) is 0 Å². The van der Waals surface area contributed by atoms with Crippen LogP contribution in [0.15, 0.2) is 48.8 Å². The zero-order valence-corrected chi connectivity index (χ0v) is 12.2. The van der Waals surface area contributed by atoms with E-state index in [1.807, 2.05) is 48.5 Å². The zero-order valence-electron chi connectivity index (χ0n) is 12.2. The van der Waals surface area contributed by atoms with Gasteiger partial charge in [-0.25, -0.2) is 4.98 Å². The Morgan fingerprint density at radius 2 is 1.57 bits per heavy atom. The molecular formula is C17H20N3O+. The number of nitrogens with zero attached hydrogens (tertiary/aromatic N) is 2. The SMILES string of the molecule is Cc1ccc(C(=O)N2CCN(c3cc[nH+]cc3)CC2)cc1. The number of carbonyl (C=O) groups excluding carboxylic acids is 1. The van der Waals surface area contributed by atoms with Crippen LogP contribution in [0, 0.1) is 6.92 Å². The number of nitrogens with one attached hydrogen (secondary N) is 1.